The first-order valence-corrected chi connectivity index (χ1v) is 11.1. The number of hydrogen-bond acceptors (Lipinski definition) is 6. The van der Waals surface area contributed by atoms with Crippen LogP contribution < -0.4 is 25.5 Å². The Balaban J connectivity index is 1.47. The number of amides is 3. The Kier molecular flexibility index (Phi) is 9.41. The molecule has 3 rings (SSSR count). The van der Waals surface area contributed by atoms with Crippen LogP contribution in [0.25, 0.3) is 0 Å². The lowest BCUT2D eigenvalue weighted by atomic mass is 10.1. The molecule has 0 saturated heterocycles. The highest BCUT2D eigenvalue weighted by Crippen LogP contribution is 2.34. The summed E-state index contributed by atoms with van der Waals surface area (Å²) in [6.45, 7) is -0.410. The van der Waals surface area contributed by atoms with Gasteiger partial charge in [0.1, 0.15) is 11.5 Å². The van der Waals surface area contributed by atoms with Crippen LogP contribution in [-0.2, 0) is 27.1 Å². The summed E-state index contributed by atoms with van der Waals surface area (Å²) in [5.74, 6) is -1.74. The topological polar surface area (TPSA) is 118 Å². The molecule has 0 aliphatic heterocycles. The van der Waals surface area contributed by atoms with Crippen LogP contribution in [0, 0.1) is 0 Å². The van der Waals surface area contributed by atoms with Crippen molar-refractivity contribution in [3.05, 3.63) is 89.5 Å². The number of ether oxygens (including phenoxy) is 2. The number of anilines is 1. The standard InChI is InChI=1S/C26H23F3N4O5/c1-37-19-11-9-17(10-12-19)14-30-24(35)25(36)33-31-15-18-5-4-6-20(13-18)38-16-23(34)32-22-8-3-2-7-21(22)26(27,28)29/h2-13,15H,14,16H2,1H3,(H,30,35)(H,32,34)(H,33,36)/b31-15-. The molecule has 0 atom stereocenters. The van der Waals surface area contributed by atoms with Crippen molar-refractivity contribution in [3.8, 4) is 11.5 Å². The highest BCUT2D eigenvalue weighted by atomic mass is 19.4. The second-order valence-corrected chi connectivity index (χ2v) is 7.68. The number of hydrogen-bond donors (Lipinski definition) is 3. The highest BCUT2D eigenvalue weighted by Gasteiger charge is 2.33. The van der Waals surface area contributed by atoms with Crippen LogP contribution in [0.3, 0.4) is 0 Å². The van der Waals surface area contributed by atoms with Gasteiger partial charge in [0.05, 0.1) is 24.6 Å². The number of carbonyl (C=O) groups excluding carboxylic acids is 3. The van der Waals surface area contributed by atoms with Crippen molar-refractivity contribution >= 4 is 29.6 Å². The largest absolute Gasteiger partial charge is 0.497 e. The number of carbonyl (C=O) groups is 3. The van der Waals surface area contributed by atoms with Crippen molar-refractivity contribution in [2.45, 2.75) is 12.7 Å². The van der Waals surface area contributed by atoms with Gasteiger partial charge in [-0.3, -0.25) is 14.4 Å². The summed E-state index contributed by atoms with van der Waals surface area (Å²) in [5.41, 5.74) is 1.99. The fraction of sp³-hybridized carbons (Fsp3) is 0.154. The number of para-hydroxylation sites is 1. The molecule has 9 nitrogen and oxygen atoms in total. The fourth-order valence-electron chi connectivity index (χ4n) is 3.08. The molecule has 0 aliphatic carbocycles. The zero-order chi connectivity index (χ0) is 27.5. The molecule has 0 aliphatic rings. The Bertz CT molecular complexity index is 1310. The van der Waals surface area contributed by atoms with Crippen molar-refractivity contribution in [1.82, 2.24) is 10.7 Å². The van der Waals surface area contributed by atoms with Crippen molar-refractivity contribution in [2.75, 3.05) is 19.0 Å². The Morgan fingerprint density at radius 2 is 1.66 bits per heavy atom. The maximum atomic E-state index is 13.1. The first kappa shape index (κ1) is 27.7. The van der Waals surface area contributed by atoms with E-state index in [1.165, 1.54) is 37.6 Å². The summed E-state index contributed by atoms with van der Waals surface area (Å²) < 4.78 is 49.6. The van der Waals surface area contributed by atoms with Crippen molar-refractivity contribution < 1.29 is 37.0 Å². The zero-order valence-electron chi connectivity index (χ0n) is 20.0. The van der Waals surface area contributed by atoms with E-state index in [9.17, 15) is 27.6 Å². The summed E-state index contributed by atoms with van der Waals surface area (Å²) in [5, 5.41) is 8.37. The third kappa shape index (κ3) is 8.36. The van der Waals surface area contributed by atoms with Gasteiger partial charge >= 0.3 is 18.0 Å². The summed E-state index contributed by atoms with van der Waals surface area (Å²) >= 11 is 0. The second kappa shape index (κ2) is 12.9. The molecule has 0 fully saturated rings. The predicted molar refractivity (Wildman–Crippen MR) is 133 cm³/mol. The third-order valence-corrected chi connectivity index (χ3v) is 4.93. The van der Waals surface area contributed by atoms with Crippen molar-refractivity contribution in [1.29, 1.82) is 0 Å². The van der Waals surface area contributed by atoms with Crippen LogP contribution >= 0.6 is 0 Å². The fourth-order valence-corrected chi connectivity index (χ4v) is 3.08. The summed E-state index contributed by atoms with van der Waals surface area (Å²) in [6.07, 6.45) is -3.37. The van der Waals surface area contributed by atoms with E-state index in [-0.39, 0.29) is 18.0 Å². The van der Waals surface area contributed by atoms with E-state index < -0.39 is 36.1 Å². The summed E-state index contributed by atoms with van der Waals surface area (Å²) in [6, 6.07) is 17.8. The van der Waals surface area contributed by atoms with E-state index in [1.807, 2.05) is 0 Å². The molecule has 0 spiro atoms. The molecule has 3 amide bonds. The highest BCUT2D eigenvalue weighted by molar-refractivity contribution is 6.35. The predicted octanol–water partition coefficient (Wildman–Crippen LogP) is 3.50. The number of halogens is 3. The van der Waals surface area contributed by atoms with E-state index in [2.05, 4.69) is 21.2 Å². The minimum Gasteiger partial charge on any atom is -0.497 e. The molecule has 198 valence electrons. The summed E-state index contributed by atoms with van der Waals surface area (Å²) in [4.78, 5) is 36.0. The normalized spacial score (nSPS) is 11.1. The average molecular weight is 528 g/mol. The lowest BCUT2D eigenvalue weighted by molar-refractivity contribution is -0.139. The first-order valence-electron chi connectivity index (χ1n) is 11.1. The van der Waals surface area contributed by atoms with Crippen LogP contribution in [0.2, 0.25) is 0 Å². The van der Waals surface area contributed by atoms with Gasteiger partial charge in [0, 0.05) is 6.54 Å². The average Bonchev–Trinajstić information content (AvgIpc) is 2.90. The zero-order valence-corrected chi connectivity index (χ0v) is 20.0. The molecule has 0 aromatic heterocycles. The quantitative estimate of drug-likeness (QED) is 0.223. The van der Waals surface area contributed by atoms with E-state index in [1.54, 1.807) is 36.4 Å². The van der Waals surface area contributed by atoms with E-state index >= 15 is 0 Å². The molecular weight excluding hydrogens is 505 g/mol. The lowest BCUT2D eigenvalue weighted by Crippen LogP contribution is -2.37. The number of hydrazone groups is 1. The van der Waals surface area contributed by atoms with Gasteiger partial charge in [-0.2, -0.15) is 18.3 Å². The van der Waals surface area contributed by atoms with E-state index in [0.717, 1.165) is 17.7 Å². The number of nitrogens with one attached hydrogen (secondary N) is 3. The van der Waals surface area contributed by atoms with Gasteiger partial charge in [-0.25, -0.2) is 5.43 Å². The van der Waals surface area contributed by atoms with Crippen LogP contribution in [0.15, 0.2) is 77.9 Å². The molecule has 12 heteroatoms. The second-order valence-electron chi connectivity index (χ2n) is 7.68. The number of methoxy groups -OCH3 is 1. The van der Waals surface area contributed by atoms with Gasteiger partial charge in [0.15, 0.2) is 6.61 Å². The van der Waals surface area contributed by atoms with E-state index in [4.69, 9.17) is 9.47 Å². The minimum absolute atomic E-state index is 0.134. The molecule has 3 aromatic carbocycles. The Hall–Kier alpha value is -4.87. The van der Waals surface area contributed by atoms with Gasteiger partial charge in [-0.15, -0.1) is 0 Å². The van der Waals surface area contributed by atoms with Crippen molar-refractivity contribution in [2.24, 2.45) is 5.10 Å². The smallest absolute Gasteiger partial charge is 0.418 e. The van der Waals surface area contributed by atoms with Gasteiger partial charge in [0.25, 0.3) is 5.91 Å². The molecule has 0 heterocycles. The van der Waals surface area contributed by atoms with Gasteiger partial charge in [0.2, 0.25) is 0 Å². The molecule has 0 unspecified atom stereocenters. The van der Waals surface area contributed by atoms with Crippen LogP contribution in [0.4, 0.5) is 18.9 Å². The Labute approximate surface area is 215 Å². The van der Waals surface area contributed by atoms with Crippen LogP contribution in [0.1, 0.15) is 16.7 Å². The minimum atomic E-state index is -4.62. The molecule has 3 aromatic rings. The molecule has 0 bridgehead atoms. The third-order valence-electron chi connectivity index (χ3n) is 4.93. The Morgan fingerprint density at radius 3 is 2.37 bits per heavy atom. The summed E-state index contributed by atoms with van der Waals surface area (Å²) in [7, 11) is 1.54. The number of rotatable bonds is 9. The number of benzene rings is 3. The van der Waals surface area contributed by atoms with Crippen LogP contribution in [-0.4, -0.2) is 37.7 Å². The maximum Gasteiger partial charge on any atom is 0.418 e. The SMILES string of the molecule is COc1ccc(CNC(=O)C(=O)N/N=C\c2cccc(OCC(=O)Nc3ccccc3C(F)(F)F)c2)cc1. The lowest BCUT2D eigenvalue weighted by Gasteiger charge is -2.13. The first-order chi connectivity index (χ1) is 18.2. The molecule has 0 saturated carbocycles. The van der Waals surface area contributed by atoms with Gasteiger partial charge in [-0.1, -0.05) is 36.4 Å². The van der Waals surface area contributed by atoms with Gasteiger partial charge in [-0.05, 0) is 47.5 Å². The van der Waals surface area contributed by atoms with Crippen molar-refractivity contribution in [3.63, 3.8) is 0 Å². The molecule has 0 radical (unpaired) electrons. The Morgan fingerprint density at radius 1 is 0.921 bits per heavy atom. The molecular formula is C26H23F3N4O5. The van der Waals surface area contributed by atoms with Crippen LogP contribution in [0.5, 0.6) is 11.5 Å². The number of alkyl halides is 3. The van der Waals surface area contributed by atoms with Gasteiger partial charge < -0.3 is 20.1 Å². The maximum absolute atomic E-state index is 13.1. The van der Waals surface area contributed by atoms with E-state index in [0.29, 0.717) is 11.3 Å². The monoisotopic (exact) mass is 528 g/mol. The molecule has 3 N–H and O–H groups in total. The number of nitrogens with zero attached hydrogens (tertiary/aromatic N) is 1. The molecule has 38 heavy (non-hydrogen) atoms.